The minimum absolute atomic E-state index is 0.231. The zero-order chi connectivity index (χ0) is 11.9. The molecular weight excluding hydrogens is 212 g/mol. The molecule has 92 valence electrons. The van der Waals surface area contributed by atoms with Crippen molar-refractivity contribution in [1.29, 1.82) is 0 Å². The predicted molar refractivity (Wildman–Crippen MR) is 67.0 cm³/mol. The summed E-state index contributed by atoms with van der Waals surface area (Å²) in [7, 11) is 1.72. The Bertz CT molecular complexity index is 403. The molecule has 1 aromatic rings. The lowest BCUT2D eigenvalue weighted by Crippen LogP contribution is -2.46. The fourth-order valence-corrected chi connectivity index (χ4v) is 3.08. The second-order valence-electron chi connectivity index (χ2n) is 5.51. The molecule has 17 heavy (non-hydrogen) atoms. The molecule has 0 aromatic heterocycles. The standard InChI is InChI=1S/C15H20O2/c1-17-12-9-15(16,10-12)14-8-3-2-7-13(14)11-5-4-6-11/h2-3,7-8,11-12,16H,4-6,9-10H2,1H3. The van der Waals surface area contributed by atoms with E-state index in [1.54, 1.807) is 7.11 Å². The summed E-state index contributed by atoms with van der Waals surface area (Å²) in [5, 5.41) is 10.7. The first-order valence-electron chi connectivity index (χ1n) is 6.57. The fourth-order valence-electron chi connectivity index (χ4n) is 3.08. The van der Waals surface area contributed by atoms with Crippen LogP contribution in [0.2, 0.25) is 0 Å². The van der Waals surface area contributed by atoms with Gasteiger partial charge in [-0.3, -0.25) is 0 Å². The van der Waals surface area contributed by atoms with Crippen molar-refractivity contribution in [3.63, 3.8) is 0 Å². The minimum atomic E-state index is -0.632. The lowest BCUT2D eigenvalue weighted by atomic mass is 9.67. The molecule has 0 amide bonds. The number of aliphatic hydroxyl groups is 1. The summed E-state index contributed by atoms with van der Waals surface area (Å²) >= 11 is 0. The first-order chi connectivity index (χ1) is 8.23. The van der Waals surface area contributed by atoms with Crippen LogP contribution in [0.15, 0.2) is 24.3 Å². The van der Waals surface area contributed by atoms with Crippen molar-refractivity contribution in [3.05, 3.63) is 35.4 Å². The van der Waals surface area contributed by atoms with Gasteiger partial charge in [-0.25, -0.2) is 0 Å². The van der Waals surface area contributed by atoms with Crippen LogP contribution < -0.4 is 0 Å². The third kappa shape index (κ3) is 1.80. The van der Waals surface area contributed by atoms with Gasteiger partial charge in [-0.05, 0) is 29.9 Å². The van der Waals surface area contributed by atoms with Crippen molar-refractivity contribution in [3.8, 4) is 0 Å². The van der Waals surface area contributed by atoms with E-state index in [-0.39, 0.29) is 6.10 Å². The van der Waals surface area contributed by atoms with Gasteiger partial charge in [-0.2, -0.15) is 0 Å². The number of rotatable bonds is 3. The molecule has 2 saturated carbocycles. The van der Waals surface area contributed by atoms with Crippen LogP contribution in [0.3, 0.4) is 0 Å². The van der Waals surface area contributed by atoms with Gasteiger partial charge in [0.15, 0.2) is 0 Å². The van der Waals surface area contributed by atoms with E-state index in [0.29, 0.717) is 5.92 Å². The maximum atomic E-state index is 10.7. The molecule has 1 N–H and O–H groups in total. The summed E-state index contributed by atoms with van der Waals surface area (Å²) in [6.07, 6.45) is 5.61. The van der Waals surface area contributed by atoms with Crippen LogP contribution >= 0.6 is 0 Å². The number of hydrogen-bond donors (Lipinski definition) is 1. The van der Waals surface area contributed by atoms with Crippen LogP contribution in [0.4, 0.5) is 0 Å². The van der Waals surface area contributed by atoms with Gasteiger partial charge < -0.3 is 9.84 Å². The van der Waals surface area contributed by atoms with Crippen LogP contribution in [0.1, 0.15) is 49.1 Å². The zero-order valence-electron chi connectivity index (χ0n) is 10.4. The molecule has 2 fully saturated rings. The number of methoxy groups -OCH3 is 1. The van der Waals surface area contributed by atoms with E-state index in [9.17, 15) is 5.11 Å². The van der Waals surface area contributed by atoms with Crippen molar-refractivity contribution in [2.75, 3.05) is 7.11 Å². The van der Waals surface area contributed by atoms with Gasteiger partial charge in [-0.1, -0.05) is 30.7 Å². The Labute approximate surface area is 103 Å². The molecule has 2 aliphatic carbocycles. The molecule has 0 unspecified atom stereocenters. The lowest BCUT2D eigenvalue weighted by Gasteiger charge is -2.45. The average molecular weight is 232 g/mol. The summed E-state index contributed by atoms with van der Waals surface area (Å²) < 4.78 is 5.28. The topological polar surface area (TPSA) is 29.5 Å². The first kappa shape index (κ1) is 11.2. The van der Waals surface area contributed by atoms with Crippen molar-refractivity contribution in [2.45, 2.75) is 49.7 Å². The monoisotopic (exact) mass is 232 g/mol. The van der Waals surface area contributed by atoms with Crippen LogP contribution in [-0.2, 0) is 10.3 Å². The Morgan fingerprint density at radius 1 is 1.24 bits per heavy atom. The highest BCUT2D eigenvalue weighted by molar-refractivity contribution is 5.38. The number of benzene rings is 1. The van der Waals surface area contributed by atoms with Crippen molar-refractivity contribution in [2.24, 2.45) is 0 Å². The van der Waals surface area contributed by atoms with Gasteiger partial charge in [0, 0.05) is 20.0 Å². The molecule has 0 radical (unpaired) electrons. The van der Waals surface area contributed by atoms with E-state index >= 15 is 0 Å². The molecule has 0 aliphatic heterocycles. The maximum absolute atomic E-state index is 10.7. The molecule has 0 heterocycles. The quantitative estimate of drug-likeness (QED) is 0.868. The third-order valence-electron chi connectivity index (χ3n) is 4.47. The maximum Gasteiger partial charge on any atom is 0.0948 e. The summed E-state index contributed by atoms with van der Waals surface area (Å²) in [6, 6.07) is 8.42. The zero-order valence-corrected chi connectivity index (χ0v) is 10.4. The van der Waals surface area contributed by atoms with Crippen molar-refractivity contribution in [1.82, 2.24) is 0 Å². The molecule has 0 spiro atoms. The minimum Gasteiger partial charge on any atom is -0.385 e. The Hall–Kier alpha value is -0.860. The normalized spacial score (nSPS) is 32.9. The van der Waals surface area contributed by atoms with Crippen molar-refractivity contribution >= 4 is 0 Å². The second kappa shape index (κ2) is 4.11. The largest absolute Gasteiger partial charge is 0.385 e. The van der Waals surface area contributed by atoms with E-state index in [0.717, 1.165) is 18.4 Å². The summed E-state index contributed by atoms with van der Waals surface area (Å²) in [6.45, 7) is 0. The SMILES string of the molecule is COC1CC(O)(c2ccccc2C2CCC2)C1. The van der Waals surface area contributed by atoms with Crippen LogP contribution in [-0.4, -0.2) is 18.3 Å². The summed E-state index contributed by atoms with van der Waals surface area (Å²) in [5.74, 6) is 0.678. The Kier molecular flexibility index (Phi) is 2.72. The Morgan fingerprint density at radius 2 is 1.94 bits per heavy atom. The molecule has 2 nitrogen and oxygen atoms in total. The van der Waals surface area contributed by atoms with Crippen LogP contribution in [0.5, 0.6) is 0 Å². The van der Waals surface area contributed by atoms with Crippen molar-refractivity contribution < 1.29 is 9.84 Å². The van der Waals surface area contributed by atoms with Gasteiger partial charge in [0.2, 0.25) is 0 Å². The highest BCUT2D eigenvalue weighted by Crippen LogP contribution is 2.48. The average Bonchev–Trinajstić information content (AvgIpc) is 2.23. The molecule has 0 saturated heterocycles. The molecule has 2 heteroatoms. The highest BCUT2D eigenvalue weighted by Gasteiger charge is 2.46. The number of hydrogen-bond acceptors (Lipinski definition) is 2. The van der Waals surface area contributed by atoms with Crippen LogP contribution in [0, 0.1) is 0 Å². The van der Waals surface area contributed by atoms with Gasteiger partial charge in [0.05, 0.1) is 11.7 Å². The predicted octanol–water partition coefficient (Wildman–Crippen LogP) is 2.95. The Morgan fingerprint density at radius 3 is 2.53 bits per heavy atom. The fraction of sp³-hybridized carbons (Fsp3) is 0.600. The van der Waals surface area contributed by atoms with Crippen LogP contribution in [0.25, 0.3) is 0 Å². The smallest absolute Gasteiger partial charge is 0.0948 e. The summed E-state index contributed by atoms with van der Waals surface area (Å²) in [5.41, 5.74) is 1.89. The summed E-state index contributed by atoms with van der Waals surface area (Å²) in [4.78, 5) is 0. The van der Waals surface area contributed by atoms with E-state index in [2.05, 4.69) is 18.2 Å². The molecule has 0 bridgehead atoms. The molecule has 2 aliphatic rings. The van der Waals surface area contributed by atoms with E-state index in [1.165, 1.54) is 24.8 Å². The van der Waals surface area contributed by atoms with E-state index in [1.807, 2.05) is 6.07 Å². The highest BCUT2D eigenvalue weighted by atomic mass is 16.5. The number of ether oxygens (including phenoxy) is 1. The Balaban J connectivity index is 1.87. The molecule has 0 atom stereocenters. The molecular formula is C15H20O2. The molecule has 1 aromatic carbocycles. The lowest BCUT2D eigenvalue weighted by molar-refractivity contribution is -0.133. The van der Waals surface area contributed by atoms with Gasteiger partial charge >= 0.3 is 0 Å². The van der Waals surface area contributed by atoms with Gasteiger partial charge in [0.1, 0.15) is 0 Å². The van der Waals surface area contributed by atoms with Gasteiger partial charge in [0.25, 0.3) is 0 Å². The third-order valence-corrected chi connectivity index (χ3v) is 4.47. The first-order valence-corrected chi connectivity index (χ1v) is 6.57. The van der Waals surface area contributed by atoms with E-state index < -0.39 is 5.60 Å². The van der Waals surface area contributed by atoms with Gasteiger partial charge in [-0.15, -0.1) is 0 Å². The van der Waals surface area contributed by atoms with E-state index in [4.69, 9.17) is 4.74 Å². The second-order valence-corrected chi connectivity index (χ2v) is 5.51. The molecule has 3 rings (SSSR count).